The van der Waals surface area contributed by atoms with Crippen LogP contribution in [0.5, 0.6) is 0 Å². The molecule has 35 heavy (non-hydrogen) atoms. The van der Waals surface area contributed by atoms with Gasteiger partial charge in [-0.1, -0.05) is 121 Å². The topological polar surface area (TPSA) is 41.9 Å². The fourth-order valence-corrected chi connectivity index (χ4v) is 4.89. The largest absolute Gasteiger partial charge is 0.464 e. The summed E-state index contributed by atoms with van der Waals surface area (Å²) < 4.78 is 5.75. The number of amidine groups is 1. The fraction of sp³-hybridized carbons (Fsp3) is 0.161. The van der Waals surface area contributed by atoms with Gasteiger partial charge < -0.3 is 9.64 Å². The first kappa shape index (κ1) is 22.6. The van der Waals surface area contributed by atoms with Crippen molar-refractivity contribution in [2.45, 2.75) is 25.0 Å². The molecule has 0 fully saturated rings. The molecule has 1 aliphatic heterocycles. The van der Waals surface area contributed by atoms with Crippen LogP contribution in [0.1, 0.15) is 35.2 Å². The molecule has 0 amide bonds. The van der Waals surface area contributed by atoms with Gasteiger partial charge in [0, 0.05) is 12.1 Å². The van der Waals surface area contributed by atoms with E-state index in [1.54, 1.807) is 0 Å². The molecule has 4 heteroatoms. The first-order chi connectivity index (χ1) is 17.2. The maximum absolute atomic E-state index is 14.0. The number of hydrogen-bond acceptors (Lipinski definition) is 4. The first-order valence-electron chi connectivity index (χ1n) is 12.0. The van der Waals surface area contributed by atoms with Crippen LogP contribution in [-0.4, -0.2) is 23.3 Å². The normalized spacial score (nSPS) is 19.3. The molecule has 4 aromatic rings. The highest BCUT2D eigenvalue weighted by atomic mass is 16.5. The van der Waals surface area contributed by atoms with Crippen molar-refractivity contribution in [3.05, 3.63) is 144 Å². The van der Waals surface area contributed by atoms with Crippen LogP contribution in [0.3, 0.4) is 0 Å². The summed E-state index contributed by atoms with van der Waals surface area (Å²) in [6.45, 7) is 2.72. The summed E-state index contributed by atoms with van der Waals surface area (Å²) in [6, 6.07) is 40.0. The summed E-state index contributed by atoms with van der Waals surface area (Å²) in [4.78, 5) is 21.5. The van der Waals surface area contributed by atoms with Crippen LogP contribution in [0.4, 0.5) is 0 Å². The minimum atomic E-state index is -1.25. The van der Waals surface area contributed by atoms with E-state index in [-0.39, 0.29) is 18.6 Å². The van der Waals surface area contributed by atoms with Gasteiger partial charge in [-0.2, -0.15) is 0 Å². The molecule has 0 saturated heterocycles. The Balaban J connectivity index is 1.79. The van der Waals surface area contributed by atoms with Crippen LogP contribution >= 0.6 is 0 Å². The Labute approximate surface area is 206 Å². The molecule has 0 aliphatic carbocycles. The average molecular weight is 461 g/mol. The highest BCUT2D eigenvalue weighted by molar-refractivity contribution is 6.04. The zero-order chi connectivity index (χ0) is 24.1. The number of nitrogens with zero attached hydrogens (tertiary/aromatic N) is 2. The predicted octanol–water partition coefficient (Wildman–Crippen LogP) is 6.15. The fourth-order valence-electron chi connectivity index (χ4n) is 4.89. The van der Waals surface area contributed by atoms with Gasteiger partial charge in [-0.25, -0.2) is 9.79 Å². The van der Waals surface area contributed by atoms with Crippen LogP contribution in [0.25, 0.3) is 0 Å². The second kappa shape index (κ2) is 9.98. The van der Waals surface area contributed by atoms with Crippen LogP contribution in [0.2, 0.25) is 0 Å². The number of aliphatic imine (C=N–C) groups is 1. The van der Waals surface area contributed by atoms with Crippen LogP contribution in [0, 0.1) is 0 Å². The molecule has 1 heterocycles. The highest BCUT2D eigenvalue weighted by Gasteiger charge is 2.57. The average Bonchev–Trinajstić information content (AvgIpc) is 3.27. The summed E-state index contributed by atoms with van der Waals surface area (Å²) in [5.41, 5.74) is 2.68. The molecule has 0 spiro atoms. The maximum Gasteiger partial charge on any atom is 0.341 e. The van der Waals surface area contributed by atoms with Crippen molar-refractivity contribution in [1.29, 1.82) is 0 Å². The van der Waals surface area contributed by atoms with Crippen LogP contribution in [-0.2, 0) is 21.6 Å². The molecule has 0 radical (unpaired) electrons. The molecule has 4 nitrogen and oxygen atoms in total. The monoisotopic (exact) mass is 460 g/mol. The smallest absolute Gasteiger partial charge is 0.341 e. The van der Waals surface area contributed by atoms with Crippen molar-refractivity contribution in [2.75, 3.05) is 6.61 Å². The lowest BCUT2D eigenvalue weighted by Gasteiger charge is -2.37. The van der Waals surface area contributed by atoms with Gasteiger partial charge >= 0.3 is 5.97 Å². The van der Waals surface area contributed by atoms with Crippen molar-refractivity contribution in [3.8, 4) is 0 Å². The maximum atomic E-state index is 14.0. The van der Waals surface area contributed by atoms with Crippen molar-refractivity contribution < 1.29 is 9.53 Å². The van der Waals surface area contributed by atoms with E-state index < -0.39 is 5.54 Å². The third-order valence-corrected chi connectivity index (χ3v) is 6.41. The standard InChI is InChI=1S/C31H28N2O2/c1-2-35-30(34)31(27-21-13-6-14-22-27)28(25-17-9-4-10-18-25)33(23-24-15-7-3-8-16-24)29(32-31)26-19-11-5-12-20-26/h3-22,28H,2,23H2,1H3/t28-,31-/m0/s1. The molecule has 5 rings (SSSR count). The van der Waals surface area contributed by atoms with Gasteiger partial charge in [0.2, 0.25) is 5.54 Å². The van der Waals surface area contributed by atoms with E-state index in [1.165, 1.54) is 0 Å². The first-order valence-corrected chi connectivity index (χ1v) is 12.0. The van der Waals surface area contributed by atoms with Gasteiger partial charge in [0.15, 0.2) is 0 Å². The lowest BCUT2D eigenvalue weighted by molar-refractivity contribution is -0.151. The highest BCUT2D eigenvalue weighted by Crippen LogP contribution is 2.49. The van der Waals surface area contributed by atoms with Crippen molar-refractivity contribution in [1.82, 2.24) is 4.90 Å². The summed E-state index contributed by atoms with van der Waals surface area (Å²) in [5, 5.41) is 0. The van der Waals surface area contributed by atoms with Crippen molar-refractivity contribution >= 4 is 11.8 Å². The van der Waals surface area contributed by atoms with Gasteiger partial charge in [0.1, 0.15) is 5.84 Å². The molecule has 2 atom stereocenters. The summed E-state index contributed by atoms with van der Waals surface area (Å²) in [5.74, 6) is 0.434. The zero-order valence-corrected chi connectivity index (χ0v) is 19.7. The minimum absolute atomic E-state index is 0.282. The lowest BCUT2D eigenvalue weighted by Crippen LogP contribution is -2.44. The van der Waals surface area contributed by atoms with Crippen LogP contribution in [0.15, 0.2) is 126 Å². The van der Waals surface area contributed by atoms with E-state index in [9.17, 15) is 4.79 Å². The number of carbonyl (C=O) groups excluding carboxylic acids is 1. The zero-order valence-electron chi connectivity index (χ0n) is 19.7. The Morgan fingerprint density at radius 2 is 1.34 bits per heavy atom. The molecule has 0 saturated carbocycles. The van der Waals surface area contributed by atoms with E-state index in [2.05, 4.69) is 29.2 Å². The van der Waals surface area contributed by atoms with E-state index >= 15 is 0 Å². The SMILES string of the molecule is CCOC(=O)[C@@]1(c2ccccc2)N=C(c2ccccc2)N(Cc2ccccc2)[C@H]1c1ccccc1. The number of rotatable bonds is 7. The van der Waals surface area contributed by atoms with Gasteiger partial charge in [0.25, 0.3) is 0 Å². The molecule has 0 N–H and O–H groups in total. The number of esters is 1. The Bertz CT molecular complexity index is 1290. The number of carbonyl (C=O) groups is 1. The van der Waals surface area contributed by atoms with Gasteiger partial charge in [0.05, 0.1) is 12.6 Å². The second-order valence-corrected chi connectivity index (χ2v) is 8.58. The van der Waals surface area contributed by atoms with Crippen molar-refractivity contribution in [3.63, 3.8) is 0 Å². The van der Waals surface area contributed by atoms with E-state index in [0.717, 1.165) is 28.1 Å². The number of hydrogen-bond donors (Lipinski definition) is 0. The predicted molar refractivity (Wildman–Crippen MR) is 139 cm³/mol. The molecule has 0 bridgehead atoms. The Morgan fingerprint density at radius 3 is 1.94 bits per heavy atom. The quantitative estimate of drug-likeness (QED) is 0.311. The molecule has 4 aromatic carbocycles. The Morgan fingerprint density at radius 1 is 0.800 bits per heavy atom. The summed E-state index contributed by atoms with van der Waals surface area (Å²) >= 11 is 0. The van der Waals surface area contributed by atoms with Gasteiger partial charge in [-0.05, 0) is 23.6 Å². The Hall–Kier alpha value is -4.18. The molecule has 0 unspecified atom stereocenters. The van der Waals surface area contributed by atoms with Gasteiger partial charge in [-0.3, -0.25) is 0 Å². The van der Waals surface area contributed by atoms with Crippen molar-refractivity contribution in [2.24, 2.45) is 4.99 Å². The second-order valence-electron chi connectivity index (χ2n) is 8.58. The van der Waals surface area contributed by atoms with E-state index in [4.69, 9.17) is 9.73 Å². The Kier molecular flexibility index (Phi) is 6.44. The number of ether oxygens (including phenoxy) is 1. The molecule has 174 valence electrons. The van der Waals surface area contributed by atoms with E-state index in [0.29, 0.717) is 6.54 Å². The van der Waals surface area contributed by atoms with E-state index in [1.807, 2.05) is 104 Å². The van der Waals surface area contributed by atoms with Gasteiger partial charge in [-0.15, -0.1) is 0 Å². The molecular formula is C31H28N2O2. The third-order valence-electron chi connectivity index (χ3n) is 6.41. The molecule has 1 aliphatic rings. The minimum Gasteiger partial charge on any atom is -0.464 e. The van der Waals surface area contributed by atoms with Crippen LogP contribution < -0.4 is 0 Å². The summed E-state index contributed by atoms with van der Waals surface area (Å²) in [6.07, 6.45) is 0. The molecule has 0 aromatic heterocycles. The summed E-state index contributed by atoms with van der Waals surface area (Å²) in [7, 11) is 0. The lowest BCUT2D eigenvalue weighted by atomic mass is 9.79. The molecular weight excluding hydrogens is 432 g/mol. The third kappa shape index (κ3) is 4.24. The number of benzene rings is 4.